The van der Waals surface area contributed by atoms with Crippen LogP contribution >= 0.6 is 0 Å². The van der Waals surface area contributed by atoms with E-state index in [1.165, 1.54) is 33.4 Å². The number of hydrogen-bond donors (Lipinski definition) is 1. The molecule has 7 aromatic carbocycles. The van der Waals surface area contributed by atoms with Crippen LogP contribution in [0.3, 0.4) is 0 Å². The average molecular weight is 621 g/mol. The molecule has 234 valence electrons. The Bertz CT molecular complexity index is 2110. The molecular weight excluding hydrogens is 581 g/mol. The van der Waals surface area contributed by atoms with Crippen LogP contribution in [0.1, 0.15) is 26.3 Å². The van der Waals surface area contributed by atoms with Gasteiger partial charge in [-0.2, -0.15) is 0 Å². The molecule has 0 radical (unpaired) electrons. The molecule has 2 nitrogen and oxygen atoms in total. The van der Waals surface area contributed by atoms with E-state index in [-0.39, 0.29) is 5.41 Å². The van der Waals surface area contributed by atoms with E-state index in [9.17, 15) is 0 Å². The Kier molecular flexibility index (Phi) is 8.64. The SMILES string of the molecule is CC(C)(C)c1ccc(N(c2cccc(Nc3ccc(-c4ccccc4)cc3-c3ccccc3)c2)c2ccccc2-c2ccccc2)cc1. The van der Waals surface area contributed by atoms with E-state index in [0.717, 1.165) is 34.0 Å². The lowest BCUT2D eigenvalue weighted by atomic mass is 9.87. The van der Waals surface area contributed by atoms with E-state index in [4.69, 9.17) is 0 Å². The summed E-state index contributed by atoms with van der Waals surface area (Å²) >= 11 is 0. The van der Waals surface area contributed by atoms with Gasteiger partial charge in [-0.3, -0.25) is 0 Å². The maximum Gasteiger partial charge on any atom is 0.0540 e. The second kappa shape index (κ2) is 13.5. The van der Waals surface area contributed by atoms with E-state index < -0.39 is 0 Å². The largest absolute Gasteiger partial charge is 0.355 e. The van der Waals surface area contributed by atoms with Crippen LogP contribution in [0, 0.1) is 0 Å². The smallest absolute Gasteiger partial charge is 0.0540 e. The van der Waals surface area contributed by atoms with E-state index in [0.29, 0.717) is 0 Å². The van der Waals surface area contributed by atoms with Gasteiger partial charge < -0.3 is 10.2 Å². The normalized spacial score (nSPS) is 11.2. The number of hydrogen-bond acceptors (Lipinski definition) is 2. The van der Waals surface area contributed by atoms with Crippen molar-refractivity contribution in [3.8, 4) is 33.4 Å². The molecule has 0 aliphatic rings. The van der Waals surface area contributed by atoms with E-state index >= 15 is 0 Å². The van der Waals surface area contributed by atoms with Gasteiger partial charge in [-0.05, 0) is 81.8 Å². The summed E-state index contributed by atoms with van der Waals surface area (Å²) in [4.78, 5) is 2.37. The highest BCUT2D eigenvalue weighted by Crippen LogP contribution is 2.42. The average Bonchev–Trinajstić information content (AvgIpc) is 3.13. The second-order valence-corrected chi connectivity index (χ2v) is 13.2. The molecule has 0 atom stereocenters. The Hall–Kier alpha value is -5.86. The Balaban J connectivity index is 1.32. The monoisotopic (exact) mass is 620 g/mol. The molecule has 7 rings (SSSR count). The van der Waals surface area contributed by atoms with Crippen LogP contribution in [-0.4, -0.2) is 0 Å². The van der Waals surface area contributed by atoms with Crippen LogP contribution in [0.25, 0.3) is 33.4 Å². The van der Waals surface area contributed by atoms with Crippen molar-refractivity contribution in [2.45, 2.75) is 26.2 Å². The Morgan fingerprint density at radius 3 is 1.65 bits per heavy atom. The third kappa shape index (κ3) is 6.65. The molecule has 0 aromatic heterocycles. The molecule has 0 spiro atoms. The lowest BCUT2D eigenvalue weighted by molar-refractivity contribution is 0.590. The summed E-state index contributed by atoms with van der Waals surface area (Å²) in [6.07, 6.45) is 0. The lowest BCUT2D eigenvalue weighted by Gasteiger charge is -2.29. The van der Waals surface area contributed by atoms with Crippen LogP contribution in [0.5, 0.6) is 0 Å². The third-order valence-electron chi connectivity index (χ3n) is 8.82. The van der Waals surface area contributed by atoms with E-state index in [1.807, 2.05) is 0 Å². The van der Waals surface area contributed by atoms with Gasteiger partial charge in [-0.15, -0.1) is 0 Å². The van der Waals surface area contributed by atoms with Gasteiger partial charge in [-0.1, -0.05) is 154 Å². The minimum atomic E-state index is 0.0711. The van der Waals surface area contributed by atoms with Crippen molar-refractivity contribution in [2.24, 2.45) is 0 Å². The zero-order valence-electron chi connectivity index (χ0n) is 27.8. The summed E-state index contributed by atoms with van der Waals surface area (Å²) in [7, 11) is 0. The highest BCUT2D eigenvalue weighted by atomic mass is 15.1. The van der Waals surface area contributed by atoms with Crippen molar-refractivity contribution in [1.82, 2.24) is 0 Å². The maximum atomic E-state index is 3.80. The molecule has 0 heterocycles. The molecule has 0 saturated carbocycles. The molecular formula is C46H40N2. The molecule has 0 amide bonds. The molecule has 7 aromatic rings. The molecule has 1 N–H and O–H groups in total. The van der Waals surface area contributed by atoms with Crippen LogP contribution in [0.4, 0.5) is 28.4 Å². The van der Waals surface area contributed by atoms with Gasteiger partial charge in [0.05, 0.1) is 5.69 Å². The highest BCUT2D eigenvalue weighted by molar-refractivity contribution is 5.90. The van der Waals surface area contributed by atoms with Gasteiger partial charge in [-0.25, -0.2) is 0 Å². The zero-order valence-corrected chi connectivity index (χ0v) is 27.8. The molecule has 0 unspecified atom stereocenters. The minimum Gasteiger partial charge on any atom is -0.355 e. The number of rotatable bonds is 8. The Labute approximate surface area is 285 Å². The summed E-state index contributed by atoms with van der Waals surface area (Å²) in [6, 6.07) is 64.9. The fourth-order valence-electron chi connectivity index (χ4n) is 6.27. The first-order chi connectivity index (χ1) is 23.4. The standard InChI is InChI=1S/C46H40N2/c1-46(2,3)38-27-29-40(30-28-38)48(45-25-14-13-24-42(45)35-18-9-5-10-19-35)41-23-15-22-39(33-41)47-44-31-26-37(34-16-7-4-8-17-34)32-43(44)36-20-11-6-12-21-36/h4-33,47H,1-3H3. The molecule has 48 heavy (non-hydrogen) atoms. The van der Waals surface area contributed by atoms with E-state index in [2.05, 4.69) is 213 Å². The summed E-state index contributed by atoms with van der Waals surface area (Å²) < 4.78 is 0. The number of benzene rings is 7. The van der Waals surface area contributed by atoms with Crippen LogP contribution in [0.15, 0.2) is 182 Å². The lowest BCUT2D eigenvalue weighted by Crippen LogP contribution is -2.14. The van der Waals surface area contributed by atoms with Crippen molar-refractivity contribution in [1.29, 1.82) is 0 Å². The van der Waals surface area contributed by atoms with Gasteiger partial charge >= 0.3 is 0 Å². The topological polar surface area (TPSA) is 15.3 Å². The quantitative estimate of drug-likeness (QED) is 0.182. The molecule has 0 saturated heterocycles. The molecule has 0 aliphatic carbocycles. The first-order valence-electron chi connectivity index (χ1n) is 16.6. The Morgan fingerprint density at radius 2 is 1.00 bits per heavy atom. The van der Waals surface area contributed by atoms with Crippen molar-refractivity contribution in [3.05, 3.63) is 188 Å². The van der Waals surface area contributed by atoms with Gasteiger partial charge in [0.25, 0.3) is 0 Å². The highest BCUT2D eigenvalue weighted by Gasteiger charge is 2.19. The third-order valence-corrected chi connectivity index (χ3v) is 8.82. The second-order valence-electron chi connectivity index (χ2n) is 13.2. The molecule has 0 fully saturated rings. The first-order valence-corrected chi connectivity index (χ1v) is 16.6. The minimum absolute atomic E-state index is 0.0711. The predicted molar refractivity (Wildman–Crippen MR) is 206 cm³/mol. The number of para-hydroxylation sites is 1. The first kappa shape index (κ1) is 30.8. The fraction of sp³-hybridized carbons (Fsp3) is 0.0870. The summed E-state index contributed by atoms with van der Waals surface area (Å²) in [5, 5.41) is 3.80. The van der Waals surface area contributed by atoms with Crippen molar-refractivity contribution < 1.29 is 0 Å². The van der Waals surface area contributed by atoms with Gasteiger partial charge in [0.1, 0.15) is 0 Å². The molecule has 0 bridgehead atoms. The number of anilines is 5. The van der Waals surface area contributed by atoms with Crippen molar-refractivity contribution in [3.63, 3.8) is 0 Å². The predicted octanol–water partition coefficient (Wildman–Crippen LogP) is 13.2. The van der Waals surface area contributed by atoms with Crippen LogP contribution < -0.4 is 10.2 Å². The summed E-state index contributed by atoms with van der Waals surface area (Å²) in [6.45, 7) is 6.78. The van der Waals surface area contributed by atoms with Crippen molar-refractivity contribution in [2.75, 3.05) is 10.2 Å². The zero-order chi connectivity index (χ0) is 32.9. The van der Waals surface area contributed by atoms with E-state index in [1.54, 1.807) is 0 Å². The van der Waals surface area contributed by atoms with Crippen LogP contribution in [0.2, 0.25) is 0 Å². The number of nitrogens with zero attached hydrogens (tertiary/aromatic N) is 1. The summed E-state index contributed by atoms with van der Waals surface area (Å²) in [5.74, 6) is 0. The summed E-state index contributed by atoms with van der Waals surface area (Å²) in [5.41, 5.74) is 13.9. The van der Waals surface area contributed by atoms with Crippen LogP contribution in [-0.2, 0) is 5.41 Å². The maximum absolute atomic E-state index is 3.80. The Morgan fingerprint density at radius 1 is 0.417 bits per heavy atom. The number of nitrogens with one attached hydrogen (secondary N) is 1. The van der Waals surface area contributed by atoms with Gasteiger partial charge in [0, 0.05) is 33.9 Å². The fourth-order valence-corrected chi connectivity index (χ4v) is 6.27. The molecule has 0 aliphatic heterocycles. The van der Waals surface area contributed by atoms with Gasteiger partial charge in [0.15, 0.2) is 0 Å². The molecule has 2 heteroatoms. The van der Waals surface area contributed by atoms with Gasteiger partial charge in [0.2, 0.25) is 0 Å². The van der Waals surface area contributed by atoms with Crippen molar-refractivity contribution >= 4 is 28.4 Å².